The highest BCUT2D eigenvalue weighted by Gasteiger charge is 2.19. The van der Waals surface area contributed by atoms with Crippen molar-refractivity contribution in [2.24, 2.45) is 5.10 Å². The summed E-state index contributed by atoms with van der Waals surface area (Å²) in [7, 11) is 0. The zero-order valence-electron chi connectivity index (χ0n) is 13.7. The van der Waals surface area contributed by atoms with Gasteiger partial charge in [0, 0.05) is 24.3 Å². The van der Waals surface area contributed by atoms with Crippen LogP contribution in [0.5, 0.6) is 0 Å². The van der Waals surface area contributed by atoms with Crippen molar-refractivity contribution in [2.45, 2.75) is 6.92 Å². The Morgan fingerprint density at radius 3 is 1.74 bits per heavy atom. The van der Waals surface area contributed by atoms with E-state index in [1.807, 2.05) is 0 Å². The molecule has 0 aliphatic rings. The second-order valence-corrected chi connectivity index (χ2v) is 5.19. The molecule has 0 unspecified atom stereocenters. The van der Waals surface area contributed by atoms with Gasteiger partial charge in [-0.1, -0.05) is 0 Å². The number of non-ortho nitro benzene ring substituents is 3. The van der Waals surface area contributed by atoms with Crippen LogP contribution in [0, 0.1) is 30.3 Å². The van der Waals surface area contributed by atoms with Gasteiger partial charge in [-0.3, -0.25) is 35.1 Å². The second-order valence-electron chi connectivity index (χ2n) is 5.19. The minimum absolute atomic E-state index is 0.112. The Labute approximate surface area is 150 Å². The van der Waals surface area contributed by atoms with E-state index in [1.165, 1.54) is 31.2 Å². The maximum absolute atomic E-state index is 12.1. The minimum atomic E-state index is -0.886. The molecule has 12 heteroatoms. The van der Waals surface area contributed by atoms with Crippen molar-refractivity contribution in [2.75, 3.05) is 0 Å². The average molecular weight is 373 g/mol. The molecule has 0 heterocycles. The third-order valence-electron chi connectivity index (χ3n) is 3.41. The molecule has 0 bridgehead atoms. The molecule has 1 N–H and O–H groups in total. The Kier molecular flexibility index (Phi) is 5.50. The smallest absolute Gasteiger partial charge is 0.267 e. The van der Waals surface area contributed by atoms with Crippen LogP contribution in [0.1, 0.15) is 22.8 Å². The number of hydrogen-bond acceptors (Lipinski definition) is 8. The molecule has 1 amide bonds. The molecule has 0 radical (unpaired) electrons. The predicted molar refractivity (Wildman–Crippen MR) is 92.5 cm³/mol. The van der Waals surface area contributed by atoms with Crippen LogP contribution in [0.2, 0.25) is 0 Å². The Morgan fingerprint density at radius 1 is 0.815 bits per heavy atom. The lowest BCUT2D eigenvalue weighted by Gasteiger charge is -2.03. The number of hydrazone groups is 1. The monoisotopic (exact) mass is 373 g/mol. The maximum atomic E-state index is 12.1. The molecule has 0 atom stereocenters. The van der Waals surface area contributed by atoms with Crippen molar-refractivity contribution < 1.29 is 19.6 Å². The topological polar surface area (TPSA) is 171 Å². The van der Waals surface area contributed by atoms with Crippen LogP contribution in [0.4, 0.5) is 17.1 Å². The zero-order valence-corrected chi connectivity index (χ0v) is 13.7. The summed E-state index contributed by atoms with van der Waals surface area (Å²) in [4.78, 5) is 42.2. The van der Waals surface area contributed by atoms with Gasteiger partial charge in [0.15, 0.2) is 0 Å². The quantitative estimate of drug-likeness (QED) is 0.460. The molecule has 0 aliphatic heterocycles. The fourth-order valence-electron chi connectivity index (χ4n) is 2.03. The van der Waals surface area contributed by atoms with Crippen LogP contribution in [-0.2, 0) is 0 Å². The van der Waals surface area contributed by atoms with Crippen LogP contribution in [0.15, 0.2) is 47.6 Å². The van der Waals surface area contributed by atoms with Crippen molar-refractivity contribution in [3.05, 3.63) is 83.9 Å². The molecular weight excluding hydrogens is 362 g/mol. The number of hydrogen-bond donors (Lipinski definition) is 1. The van der Waals surface area contributed by atoms with Crippen LogP contribution >= 0.6 is 0 Å². The van der Waals surface area contributed by atoms with Gasteiger partial charge in [-0.25, -0.2) is 5.43 Å². The fourth-order valence-corrected chi connectivity index (χ4v) is 2.03. The van der Waals surface area contributed by atoms with Crippen molar-refractivity contribution >= 4 is 28.7 Å². The summed E-state index contributed by atoms with van der Waals surface area (Å²) in [6, 6.07) is 7.91. The summed E-state index contributed by atoms with van der Waals surface area (Å²) < 4.78 is 0. The number of nitrogens with zero attached hydrogens (tertiary/aromatic N) is 4. The summed E-state index contributed by atoms with van der Waals surface area (Å²) in [5.74, 6) is -0.886. The number of benzene rings is 2. The lowest BCUT2D eigenvalue weighted by molar-refractivity contribution is -0.394. The molecule has 0 saturated carbocycles. The number of nitro benzene ring substituents is 3. The van der Waals surface area contributed by atoms with Gasteiger partial charge >= 0.3 is 0 Å². The van der Waals surface area contributed by atoms with E-state index in [-0.39, 0.29) is 11.3 Å². The maximum Gasteiger partial charge on any atom is 0.277 e. The van der Waals surface area contributed by atoms with Crippen LogP contribution in [0.3, 0.4) is 0 Å². The van der Waals surface area contributed by atoms with Gasteiger partial charge in [0.25, 0.3) is 23.0 Å². The molecule has 0 spiro atoms. The summed E-state index contributed by atoms with van der Waals surface area (Å²) in [6.45, 7) is 1.53. The van der Waals surface area contributed by atoms with E-state index in [0.717, 1.165) is 18.2 Å². The van der Waals surface area contributed by atoms with Gasteiger partial charge in [0.1, 0.15) is 0 Å². The zero-order chi connectivity index (χ0) is 20.1. The molecular formula is C15H11N5O7. The Balaban J connectivity index is 2.23. The number of nitro groups is 3. The summed E-state index contributed by atoms with van der Waals surface area (Å²) in [5, 5.41) is 36.1. The number of amides is 1. The Bertz CT molecular complexity index is 937. The van der Waals surface area contributed by atoms with Gasteiger partial charge in [-0.05, 0) is 24.6 Å². The molecule has 138 valence electrons. The standard InChI is InChI=1S/C15H11N5O7/c1-9(10-2-4-12(5-3-10)18(22)23)16-17-15(21)11-6-13(19(24)25)8-14(7-11)20(26)27/h2-8H,1H3,(H,17,21). The second kappa shape index (κ2) is 7.77. The van der Waals surface area contributed by atoms with E-state index in [0.29, 0.717) is 11.3 Å². The van der Waals surface area contributed by atoms with Crippen molar-refractivity contribution in [1.82, 2.24) is 5.43 Å². The average Bonchev–Trinajstić information content (AvgIpc) is 2.65. The van der Waals surface area contributed by atoms with Crippen molar-refractivity contribution in [3.8, 4) is 0 Å². The largest absolute Gasteiger partial charge is 0.277 e. The van der Waals surface area contributed by atoms with Crippen molar-refractivity contribution in [1.29, 1.82) is 0 Å². The van der Waals surface area contributed by atoms with Crippen LogP contribution in [-0.4, -0.2) is 26.4 Å². The highest BCUT2D eigenvalue weighted by molar-refractivity contribution is 6.01. The summed E-state index contributed by atoms with van der Waals surface area (Å²) in [5.41, 5.74) is 1.30. The first-order valence-corrected chi connectivity index (χ1v) is 7.22. The molecule has 2 aromatic rings. The number of rotatable bonds is 6. The van der Waals surface area contributed by atoms with E-state index in [9.17, 15) is 35.1 Å². The van der Waals surface area contributed by atoms with E-state index in [4.69, 9.17) is 0 Å². The molecule has 12 nitrogen and oxygen atoms in total. The molecule has 27 heavy (non-hydrogen) atoms. The van der Waals surface area contributed by atoms with E-state index in [2.05, 4.69) is 10.5 Å². The molecule has 2 rings (SSSR count). The highest BCUT2D eigenvalue weighted by atomic mass is 16.6. The Morgan fingerprint density at radius 2 is 1.30 bits per heavy atom. The first-order chi connectivity index (χ1) is 12.7. The van der Waals surface area contributed by atoms with Gasteiger partial charge in [-0.2, -0.15) is 5.10 Å². The number of nitrogens with one attached hydrogen (secondary N) is 1. The minimum Gasteiger partial charge on any atom is -0.267 e. The third kappa shape index (κ3) is 4.66. The molecule has 0 aliphatic carbocycles. The lowest BCUT2D eigenvalue weighted by atomic mass is 10.1. The van der Waals surface area contributed by atoms with Gasteiger partial charge in [0.05, 0.1) is 32.1 Å². The summed E-state index contributed by atoms with van der Waals surface area (Å²) >= 11 is 0. The van der Waals surface area contributed by atoms with Gasteiger partial charge in [0.2, 0.25) is 0 Å². The van der Waals surface area contributed by atoms with Gasteiger partial charge in [-0.15, -0.1) is 0 Å². The predicted octanol–water partition coefficient (Wildman–Crippen LogP) is 2.57. The highest BCUT2D eigenvalue weighted by Crippen LogP contribution is 2.22. The fraction of sp³-hybridized carbons (Fsp3) is 0.0667. The molecule has 2 aromatic carbocycles. The summed E-state index contributed by atoms with van der Waals surface area (Å²) in [6.07, 6.45) is 0. The molecule has 0 aromatic heterocycles. The first kappa shape index (κ1) is 19.1. The number of carbonyl (C=O) groups excluding carboxylic acids is 1. The van der Waals surface area contributed by atoms with Gasteiger partial charge < -0.3 is 0 Å². The van der Waals surface area contributed by atoms with E-state index >= 15 is 0 Å². The SMILES string of the molecule is CC(=NNC(=O)c1cc([N+](=O)[O-])cc([N+](=O)[O-])c1)c1ccc([N+](=O)[O-])cc1. The van der Waals surface area contributed by atoms with Crippen molar-refractivity contribution in [3.63, 3.8) is 0 Å². The molecule has 0 saturated heterocycles. The van der Waals surface area contributed by atoms with Crippen LogP contribution < -0.4 is 5.43 Å². The number of carbonyl (C=O) groups is 1. The Hall–Kier alpha value is -4.22. The first-order valence-electron chi connectivity index (χ1n) is 7.22. The third-order valence-corrected chi connectivity index (χ3v) is 3.41. The van der Waals surface area contributed by atoms with E-state index in [1.54, 1.807) is 0 Å². The normalized spacial score (nSPS) is 10.9. The van der Waals surface area contributed by atoms with Crippen LogP contribution in [0.25, 0.3) is 0 Å². The lowest BCUT2D eigenvalue weighted by Crippen LogP contribution is -2.19. The molecule has 0 fully saturated rings. The van der Waals surface area contributed by atoms with E-state index < -0.39 is 32.1 Å².